The third kappa shape index (κ3) is 4.21. The molecule has 0 saturated heterocycles. The maximum absolute atomic E-state index is 11.0. The van der Waals surface area contributed by atoms with Crippen molar-refractivity contribution in [2.75, 3.05) is 20.0 Å². The Hall–Kier alpha value is -1.60. The highest BCUT2D eigenvalue weighted by Gasteiger charge is 2.08. The molecule has 0 aliphatic carbocycles. The molecule has 0 amide bonds. The Morgan fingerprint density at radius 2 is 2.00 bits per heavy atom. The second-order valence-corrected chi connectivity index (χ2v) is 6.14. The maximum Gasteiger partial charge on any atom is 0.316 e. The summed E-state index contributed by atoms with van der Waals surface area (Å²) in [6.45, 7) is 0. The van der Waals surface area contributed by atoms with Crippen molar-refractivity contribution in [2.24, 2.45) is 0 Å². The van der Waals surface area contributed by atoms with Crippen molar-refractivity contribution in [3.05, 3.63) is 34.8 Å². The van der Waals surface area contributed by atoms with Gasteiger partial charge >= 0.3 is 5.97 Å². The molecule has 1 heterocycles. The van der Waals surface area contributed by atoms with E-state index < -0.39 is 0 Å². The van der Waals surface area contributed by atoms with Crippen molar-refractivity contribution in [2.45, 2.75) is 10.8 Å². The zero-order valence-corrected chi connectivity index (χ0v) is 12.8. The monoisotopic (exact) mass is 310 g/mol. The summed E-state index contributed by atoms with van der Waals surface area (Å²) in [5.74, 6) is 0.829. The topological polar surface area (TPSA) is 61.3 Å². The average molecular weight is 310 g/mol. The van der Waals surface area contributed by atoms with Gasteiger partial charge in [-0.25, -0.2) is 0 Å². The number of carbonyl (C=O) groups excluding carboxylic acids is 1. The number of hydrogen-bond donors (Lipinski definition) is 0. The third-order valence-corrected chi connectivity index (χ3v) is 4.53. The lowest BCUT2D eigenvalue weighted by atomic mass is 10.1. The molecule has 0 aliphatic rings. The van der Waals surface area contributed by atoms with Crippen LogP contribution in [0.4, 0.5) is 0 Å². The van der Waals surface area contributed by atoms with Gasteiger partial charge in [-0.3, -0.25) is 4.79 Å². The number of benzene rings is 1. The summed E-state index contributed by atoms with van der Waals surface area (Å²) < 4.78 is 10.5. The van der Waals surface area contributed by atoms with Crippen molar-refractivity contribution in [3.63, 3.8) is 0 Å². The first-order valence-corrected chi connectivity index (χ1v) is 7.66. The van der Waals surface area contributed by atoms with Crippen LogP contribution in [0.3, 0.4) is 0 Å². The minimum atomic E-state index is -0.262. The number of thioether (sulfide) groups is 1. The maximum atomic E-state index is 11.0. The minimum absolute atomic E-state index is 0.258. The predicted octanol–water partition coefficient (Wildman–Crippen LogP) is 2.40. The molecular weight excluding hydrogens is 296 g/mol. The van der Waals surface area contributed by atoms with Crippen LogP contribution in [0, 0.1) is 0 Å². The summed E-state index contributed by atoms with van der Waals surface area (Å²) in [4.78, 5) is 11.0. The number of rotatable bonds is 6. The molecule has 0 unspecified atom stereocenters. The van der Waals surface area contributed by atoms with Crippen molar-refractivity contribution < 1.29 is 14.3 Å². The Morgan fingerprint density at radius 3 is 2.65 bits per heavy atom. The summed E-state index contributed by atoms with van der Waals surface area (Å²) in [5.41, 5.74) is 1.14. The Labute approximate surface area is 125 Å². The van der Waals surface area contributed by atoms with Gasteiger partial charge in [-0.2, -0.15) is 0 Å². The molecule has 0 bridgehead atoms. The van der Waals surface area contributed by atoms with Crippen LogP contribution in [0.1, 0.15) is 10.6 Å². The van der Waals surface area contributed by atoms with Gasteiger partial charge in [0, 0.05) is 6.42 Å². The predicted molar refractivity (Wildman–Crippen MR) is 78.4 cm³/mol. The van der Waals surface area contributed by atoms with Crippen LogP contribution in [0.25, 0.3) is 0 Å². The minimum Gasteiger partial charge on any atom is -0.497 e. The number of aromatic nitrogens is 2. The molecule has 0 fully saturated rings. The van der Waals surface area contributed by atoms with Gasteiger partial charge in [0.15, 0.2) is 4.34 Å². The van der Waals surface area contributed by atoms with E-state index in [2.05, 4.69) is 14.9 Å². The van der Waals surface area contributed by atoms with Crippen molar-refractivity contribution >= 4 is 29.1 Å². The van der Waals surface area contributed by atoms with E-state index in [1.807, 2.05) is 24.3 Å². The fraction of sp³-hybridized carbons (Fsp3) is 0.308. The number of nitrogens with zero attached hydrogens (tertiary/aromatic N) is 2. The van der Waals surface area contributed by atoms with E-state index in [-0.39, 0.29) is 11.7 Å². The van der Waals surface area contributed by atoms with Crippen LogP contribution < -0.4 is 4.74 Å². The number of hydrogen-bond acceptors (Lipinski definition) is 7. The molecular formula is C13H14N2O3S2. The molecule has 0 radical (unpaired) electrons. The van der Waals surface area contributed by atoms with Gasteiger partial charge in [-0.15, -0.1) is 10.2 Å². The highest BCUT2D eigenvalue weighted by Crippen LogP contribution is 2.24. The Kier molecular flexibility index (Phi) is 5.37. The van der Waals surface area contributed by atoms with E-state index in [0.29, 0.717) is 0 Å². The van der Waals surface area contributed by atoms with Crippen LogP contribution in [0.5, 0.6) is 5.75 Å². The molecule has 7 heteroatoms. The lowest BCUT2D eigenvalue weighted by Crippen LogP contribution is -2.02. The molecule has 0 aliphatic heterocycles. The van der Waals surface area contributed by atoms with Crippen molar-refractivity contribution in [3.8, 4) is 5.75 Å². The zero-order valence-electron chi connectivity index (χ0n) is 11.2. The van der Waals surface area contributed by atoms with Crippen molar-refractivity contribution in [1.82, 2.24) is 10.2 Å². The van der Waals surface area contributed by atoms with E-state index in [9.17, 15) is 4.79 Å². The standard InChI is InChI=1S/C13H14N2O3S2/c1-17-10-5-3-9(4-6-10)7-11-14-15-13(20-11)19-8-12(16)18-2/h3-6H,7-8H2,1-2H3. The molecule has 5 nitrogen and oxygen atoms in total. The number of ether oxygens (including phenoxy) is 2. The van der Waals surface area contributed by atoms with E-state index in [1.165, 1.54) is 30.2 Å². The first-order chi connectivity index (χ1) is 9.71. The van der Waals surface area contributed by atoms with E-state index >= 15 is 0 Å². The molecule has 0 spiro atoms. The van der Waals surface area contributed by atoms with Gasteiger partial charge in [0.25, 0.3) is 0 Å². The second-order valence-electron chi connectivity index (χ2n) is 3.85. The molecule has 1 aromatic carbocycles. The molecule has 1 aromatic heterocycles. The Bertz CT molecular complexity index is 569. The van der Waals surface area contributed by atoms with E-state index in [4.69, 9.17) is 4.74 Å². The largest absolute Gasteiger partial charge is 0.497 e. The summed E-state index contributed by atoms with van der Waals surface area (Å²) in [7, 11) is 3.02. The molecule has 106 valence electrons. The Balaban J connectivity index is 1.93. The normalized spacial score (nSPS) is 10.3. The van der Waals surface area contributed by atoms with Gasteiger partial charge in [-0.05, 0) is 17.7 Å². The number of methoxy groups -OCH3 is 2. The highest BCUT2D eigenvalue weighted by molar-refractivity contribution is 8.01. The van der Waals surface area contributed by atoms with E-state index in [0.717, 1.165) is 27.1 Å². The summed E-state index contributed by atoms with van der Waals surface area (Å²) in [5, 5.41) is 9.09. The summed E-state index contributed by atoms with van der Waals surface area (Å²) in [6, 6.07) is 7.84. The van der Waals surface area contributed by atoms with Crippen LogP contribution in [-0.4, -0.2) is 36.1 Å². The fourth-order valence-electron chi connectivity index (χ4n) is 1.47. The molecule has 0 saturated carbocycles. The second kappa shape index (κ2) is 7.25. The van der Waals surface area contributed by atoms with Crippen LogP contribution in [-0.2, 0) is 16.0 Å². The highest BCUT2D eigenvalue weighted by atomic mass is 32.2. The molecule has 2 rings (SSSR count). The fourth-order valence-corrected chi connectivity index (χ4v) is 3.23. The zero-order chi connectivity index (χ0) is 14.4. The number of esters is 1. The first kappa shape index (κ1) is 14.8. The van der Waals surface area contributed by atoms with Crippen molar-refractivity contribution in [1.29, 1.82) is 0 Å². The number of carbonyl (C=O) groups is 1. The summed E-state index contributed by atoms with van der Waals surface area (Å²) in [6.07, 6.45) is 0.723. The Morgan fingerprint density at radius 1 is 1.25 bits per heavy atom. The first-order valence-electron chi connectivity index (χ1n) is 5.86. The van der Waals surface area contributed by atoms with Gasteiger partial charge in [0.2, 0.25) is 0 Å². The van der Waals surface area contributed by atoms with Crippen LogP contribution >= 0.6 is 23.1 Å². The molecule has 20 heavy (non-hydrogen) atoms. The van der Waals surface area contributed by atoms with Crippen LogP contribution in [0.15, 0.2) is 28.6 Å². The molecule has 2 aromatic rings. The van der Waals surface area contributed by atoms with Gasteiger partial charge < -0.3 is 9.47 Å². The quantitative estimate of drug-likeness (QED) is 0.603. The molecule has 0 N–H and O–H groups in total. The summed E-state index contributed by atoms with van der Waals surface area (Å²) >= 11 is 2.83. The van der Waals surface area contributed by atoms with Gasteiger partial charge in [0.1, 0.15) is 10.8 Å². The van der Waals surface area contributed by atoms with E-state index in [1.54, 1.807) is 7.11 Å². The van der Waals surface area contributed by atoms with Gasteiger partial charge in [0.05, 0.1) is 20.0 Å². The smallest absolute Gasteiger partial charge is 0.316 e. The lowest BCUT2D eigenvalue weighted by molar-refractivity contribution is -0.137. The third-order valence-electron chi connectivity index (χ3n) is 2.50. The van der Waals surface area contributed by atoms with Gasteiger partial charge in [-0.1, -0.05) is 35.2 Å². The lowest BCUT2D eigenvalue weighted by Gasteiger charge is -2.00. The average Bonchev–Trinajstić information content (AvgIpc) is 2.93. The SMILES string of the molecule is COC(=O)CSc1nnc(Cc2ccc(OC)cc2)s1. The molecule has 0 atom stereocenters. The van der Waals surface area contributed by atoms with Crippen LogP contribution in [0.2, 0.25) is 0 Å².